The molecule has 1 saturated heterocycles. The van der Waals surface area contributed by atoms with Crippen LogP contribution >= 0.6 is 0 Å². The summed E-state index contributed by atoms with van der Waals surface area (Å²) in [5.41, 5.74) is 2.03. The Hall–Kier alpha value is -2.24. The third-order valence-corrected chi connectivity index (χ3v) is 5.20. The van der Waals surface area contributed by atoms with E-state index in [0.29, 0.717) is 19.7 Å². The van der Waals surface area contributed by atoms with Gasteiger partial charge in [-0.2, -0.15) is 0 Å². The fourth-order valence-corrected chi connectivity index (χ4v) is 3.43. The van der Waals surface area contributed by atoms with Crippen molar-refractivity contribution in [2.75, 3.05) is 26.2 Å². The van der Waals surface area contributed by atoms with Crippen molar-refractivity contribution in [2.45, 2.75) is 32.6 Å². The number of piperazine rings is 1. The normalized spacial score (nSPS) is 17.5. The summed E-state index contributed by atoms with van der Waals surface area (Å²) in [5, 5.41) is 0. The zero-order valence-corrected chi connectivity index (χ0v) is 16.0. The van der Waals surface area contributed by atoms with E-state index in [1.54, 1.807) is 12.1 Å². The highest BCUT2D eigenvalue weighted by molar-refractivity contribution is 5.80. The molecule has 1 heterocycles. The molecule has 0 radical (unpaired) electrons. The van der Waals surface area contributed by atoms with Crippen LogP contribution in [0.15, 0.2) is 54.6 Å². The highest BCUT2D eigenvalue weighted by Crippen LogP contribution is 2.22. The van der Waals surface area contributed by atoms with Crippen molar-refractivity contribution in [2.24, 2.45) is 0 Å². The average Bonchev–Trinajstić information content (AvgIpc) is 2.72. The third-order valence-electron chi connectivity index (χ3n) is 5.20. The van der Waals surface area contributed by atoms with E-state index in [1.807, 2.05) is 48.2 Å². The van der Waals surface area contributed by atoms with Crippen LogP contribution in [-0.2, 0) is 16.1 Å². The number of amides is 1. The first-order chi connectivity index (χ1) is 13.0. The lowest BCUT2D eigenvalue weighted by atomic mass is 10.1. The fourth-order valence-electron chi connectivity index (χ4n) is 3.43. The number of hydrogen-bond donors (Lipinski definition) is 0. The summed E-state index contributed by atoms with van der Waals surface area (Å²) >= 11 is 0. The Morgan fingerprint density at radius 2 is 1.74 bits per heavy atom. The number of carbonyl (C=O) groups is 1. The van der Waals surface area contributed by atoms with E-state index in [1.165, 1.54) is 6.07 Å². The van der Waals surface area contributed by atoms with Crippen LogP contribution in [0.3, 0.4) is 0 Å². The first-order valence-electron chi connectivity index (χ1n) is 9.48. The van der Waals surface area contributed by atoms with Crippen LogP contribution in [0.5, 0.6) is 0 Å². The Morgan fingerprint density at radius 1 is 1.04 bits per heavy atom. The SMILES string of the molecule is CC(OCc1ccccc1)C(=O)N1CCN(C(C)c2cccc(F)c2)CC1. The van der Waals surface area contributed by atoms with Crippen LogP contribution in [0.2, 0.25) is 0 Å². The lowest BCUT2D eigenvalue weighted by Crippen LogP contribution is -2.51. The van der Waals surface area contributed by atoms with Crippen molar-refractivity contribution in [3.8, 4) is 0 Å². The monoisotopic (exact) mass is 370 g/mol. The van der Waals surface area contributed by atoms with Gasteiger partial charge in [0, 0.05) is 32.2 Å². The molecule has 1 fully saturated rings. The molecular weight excluding hydrogens is 343 g/mol. The van der Waals surface area contributed by atoms with Gasteiger partial charge in [-0.15, -0.1) is 0 Å². The molecule has 2 aromatic carbocycles. The van der Waals surface area contributed by atoms with E-state index in [-0.39, 0.29) is 17.8 Å². The molecule has 0 N–H and O–H groups in total. The van der Waals surface area contributed by atoms with Gasteiger partial charge >= 0.3 is 0 Å². The molecule has 27 heavy (non-hydrogen) atoms. The van der Waals surface area contributed by atoms with Crippen LogP contribution in [-0.4, -0.2) is 48.0 Å². The zero-order chi connectivity index (χ0) is 19.2. The van der Waals surface area contributed by atoms with Crippen molar-refractivity contribution in [3.63, 3.8) is 0 Å². The van der Waals surface area contributed by atoms with Crippen LogP contribution in [0, 0.1) is 5.82 Å². The van der Waals surface area contributed by atoms with E-state index in [4.69, 9.17) is 4.74 Å². The molecule has 5 heteroatoms. The zero-order valence-electron chi connectivity index (χ0n) is 16.0. The minimum atomic E-state index is -0.461. The maximum Gasteiger partial charge on any atom is 0.251 e. The van der Waals surface area contributed by atoms with Crippen LogP contribution in [0.25, 0.3) is 0 Å². The van der Waals surface area contributed by atoms with Gasteiger partial charge in [0.2, 0.25) is 0 Å². The minimum absolute atomic E-state index is 0.0315. The summed E-state index contributed by atoms with van der Waals surface area (Å²) in [7, 11) is 0. The molecule has 1 aliphatic rings. The van der Waals surface area contributed by atoms with Crippen LogP contribution < -0.4 is 0 Å². The second-order valence-electron chi connectivity index (χ2n) is 7.03. The lowest BCUT2D eigenvalue weighted by Gasteiger charge is -2.39. The highest BCUT2D eigenvalue weighted by atomic mass is 19.1. The van der Waals surface area contributed by atoms with Crippen molar-refractivity contribution >= 4 is 5.91 Å². The van der Waals surface area contributed by atoms with Crippen LogP contribution in [0.4, 0.5) is 4.39 Å². The number of benzene rings is 2. The van der Waals surface area contributed by atoms with E-state index >= 15 is 0 Å². The minimum Gasteiger partial charge on any atom is -0.364 e. The molecule has 1 aliphatic heterocycles. The first kappa shape index (κ1) is 19.5. The molecule has 0 spiro atoms. The summed E-state index contributed by atoms with van der Waals surface area (Å²) < 4.78 is 19.2. The Bertz CT molecular complexity index is 745. The second-order valence-corrected chi connectivity index (χ2v) is 7.03. The van der Waals surface area contributed by atoms with Gasteiger partial charge in [-0.25, -0.2) is 4.39 Å². The molecule has 2 atom stereocenters. The number of nitrogens with zero attached hydrogens (tertiary/aromatic N) is 2. The number of ether oxygens (including phenoxy) is 1. The number of hydrogen-bond acceptors (Lipinski definition) is 3. The summed E-state index contributed by atoms with van der Waals surface area (Å²) in [4.78, 5) is 16.8. The largest absolute Gasteiger partial charge is 0.364 e. The van der Waals surface area contributed by atoms with Gasteiger partial charge in [0.15, 0.2) is 0 Å². The smallest absolute Gasteiger partial charge is 0.251 e. The van der Waals surface area contributed by atoms with Crippen molar-refractivity contribution in [1.29, 1.82) is 0 Å². The van der Waals surface area contributed by atoms with Gasteiger partial charge < -0.3 is 9.64 Å². The van der Waals surface area contributed by atoms with Crippen molar-refractivity contribution in [1.82, 2.24) is 9.80 Å². The Morgan fingerprint density at radius 3 is 2.41 bits per heavy atom. The summed E-state index contributed by atoms with van der Waals surface area (Å²) in [6, 6.07) is 16.7. The number of halogens is 1. The van der Waals surface area contributed by atoms with Gasteiger partial charge in [0.25, 0.3) is 5.91 Å². The quantitative estimate of drug-likeness (QED) is 0.778. The molecule has 0 aromatic heterocycles. The van der Waals surface area contributed by atoms with E-state index in [0.717, 1.165) is 24.2 Å². The fraction of sp³-hybridized carbons (Fsp3) is 0.409. The molecular formula is C22H27FN2O2. The standard InChI is InChI=1S/C22H27FN2O2/c1-17(20-9-6-10-21(23)15-20)24-11-13-25(14-12-24)22(26)18(2)27-16-19-7-4-3-5-8-19/h3-10,15,17-18H,11-14,16H2,1-2H3. The Balaban J connectivity index is 1.48. The molecule has 144 valence electrons. The predicted molar refractivity (Wildman–Crippen MR) is 104 cm³/mol. The van der Waals surface area contributed by atoms with E-state index in [2.05, 4.69) is 11.8 Å². The second kappa shape index (κ2) is 9.11. The lowest BCUT2D eigenvalue weighted by molar-refractivity contribution is -0.145. The van der Waals surface area contributed by atoms with Gasteiger partial charge in [-0.1, -0.05) is 42.5 Å². The molecule has 3 rings (SSSR count). The maximum atomic E-state index is 13.5. The molecule has 0 aliphatic carbocycles. The summed E-state index contributed by atoms with van der Waals surface area (Å²) in [6.07, 6.45) is -0.461. The number of rotatable bonds is 6. The van der Waals surface area contributed by atoms with Gasteiger partial charge in [-0.3, -0.25) is 9.69 Å². The van der Waals surface area contributed by atoms with E-state index in [9.17, 15) is 9.18 Å². The first-order valence-corrected chi connectivity index (χ1v) is 9.48. The van der Waals surface area contributed by atoms with Crippen molar-refractivity contribution < 1.29 is 13.9 Å². The molecule has 1 amide bonds. The number of carbonyl (C=O) groups excluding carboxylic acids is 1. The Labute approximate surface area is 160 Å². The third kappa shape index (κ3) is 5.15. The van der Waals surface area contributed by atoms with Gasteiger partial charge in [0.1, 0.15) is 11.9 Å². The van der Waals surface area contributed by atoms with Gasteiger partial charge in [0.05, 0.1) is 6.61 Å². The average molecular weight is 370 g/mol. The van der Waals surface area contributed by atoms with Gasteiger partial charge in [-0.05, 0) is 37.1 Å². The molecule has 0 bridgehead atoms. The predicted octanol–water partition coefficient (Wildman–Crippen LogP) is 3.64. The van der Waals surface area contributed by atoms with Crippen molar-refractivity contribution in [3.05, 3.63) is 71.5 Å². The molecule has 2 unspecified atom stereocenters. The van der Waals surface area contributed by atoms with Crippen LogP contribution in [0.1, 0.15) is 31.0 Å². The van der Waals surface area contributed by atoms with E-state index < -0.39 is 6.10 Å². The topological polar surface area (TPSA) is 32.8 Å². The Kier molecular flexibility index (Phi) is 6.58. The highest BCUT2D eigenvalue weighted by Gasteiger charge is 2.27. The summed E-state index contributed by atoms with van der Waals surface area (Å²) in [6.45, 7) is 7.20. The summed E-state index contributed by atoms with van der Waals surface area (Å²) in [5.74, 6) is -0.179. The molecule has 4 nitrogen and oxygen atoms in total. The molecule has 2 aromatic rings. The maximum absolute atomic E-state index is 13.5. The molecule has 0 saturated carbocycles.